The van der Waals surface area contributed by atoms with Gasteiger partial charge in [-0.2, -0.15) is 0 Å². The predicted octanol–water partition coefficient (Wildman–Crippen LogP) is 4.33. The zero-order valence-corrected chi connectivity index (χ0v) is 14.9. The summed E-state index contributed by atoms with van der Waals surface area (Å²) in [7, 11) is 0. The van der Waals surface area contributed by atoms with Gasteiger partial charge < -0.3 is 10.1 Å². The van der Waals surface area contributed by atoms with Crippen molar-refractivity contribution in [1.29, 1.82) is 0 Å². The molecule has 2 aromatic carbocycles. The van der Waals surface area contributed by atoms with E-state index in [9.17, 15) is 4.79 Å². The first kappa shape index (κ1) is 16.3. The third-order valence-electron chi connectivity index (χ3n) is 4.03. The molecular weight excluding hydrogens is 378 g/mol. The molecule has 0 bridgehead atoms. The second-order valence-corrected chi connectivity index (χ2v) is 7.00. The van der Waals surface area contributed by atoms with E-state index in [0.717, 1.165) is 28.6 Å². The summed E-state index contributed by atoms with van der Waals surface area (Å²) in [5.74, 6) is 0.826. The van der Waals surface area contributed by atoms with Crippen LogP contribution in [-0.4, -0.2) is 19.1 Å². The van der Waals surface area contributed by atoms with Gasteiger partial charge in [0.1, 0.15) is 12.4 Å². The zero-order chi connectivity index (χ0) is 16.3. The van der Waals surface area contributed by atoms with E-state index in [1.807, 2.05) is 36.4 Å². The van der Waals surface area contributed by atoms with Crippen LogP contribution in [0.2, 0.25) is 5.02 Å². The van der Waals surface area contributed by atoms with Crippen LogP contribution in [0.15, 0.2) is 53.0 Å². The van der Waals surface area contributed by atoms with Crippen molar-refractivity contribution in [1.82, 2.24) is 5.32 Å². The molecule has 0 heterocycles. The lowest BCUT2D eigenvalue weighted by atomic mass is 9.95. The van der Waals surface area contributed by atoms with Crippen LogP contribution in [0.25, 0.3) is 0 Å². The summed E-state index contributed by atoms with van der Waals surface area (Å²) in [6, 6.07) is 15.2. The molecule has 0 radical (unpaired) electrons. The Kier molecular flexibility index (Phi) is 4.93. The SMILES string of the molecule is O=C(NCCOc1ccc(Cl)cc1)C1(c2cccc(Br)c2)CC1. The molecule has 1 N–H and O–H groups in total. The van der Waals surface area contributed by atoms with Crippen LogP contribution < -0.4 is 10.1 Å². The highest BCUT2D eigenvalue weighted by Crippen LogP contribution is 2.48. The van der Waals surface area contributed by atoms with Crippen LogP contribution in [0.1, 0.15) is 18.4 Å². The van der Waals surface area contributed by atoms with Gasteiger partial charge in [-0.05, 0) is 54.8 Å². The molecule has 0 atom stereocenters. The number of carbonyl (C=O) groups is 1. The molecule has 1 aliphatic carbocycles. The zero-order valence-electron chi connectivity index (χ0n) is 12.5. The highest BCUT2D eigenvalue weighted by Gasteiger charge is 2.51. The Hall–Kier alpha value is -1.52. The normalized spacial score (nSPS) is 15.0. The van der Waals surface area contributed by atoms with Crippen molar-refractivity contribution in [3.05, 3.63) is 63.6 Å². The van der Waals surface area contributed by atoms with Crippen molar-refractivity contribution in [2.45, 2.75) is 18.3 Å². The van der Waals surface area contributed by atoms with E-state index in [0.29, 0.717) is 18.2 Å². The van der Waals surface area contributed by atoms with E-state index in [2.05, 4.69) is 21.2 Å². The summed E-state index contributed by atoms with van der Waals surface area (Å²) < 4.78 is 6.59. The fourth-order valence-corrected chi connectivity index (χ4v) is 3.12. The van der Waals surface area contributed by atoms with E-state index in [-0.39, 0.29) is 11.3 Å². The monoisotopic (exact) mass is 393 g/mol. The van der Waals surface area contributed by atoms with Gasteiger partial charge in [0.05, 0.1) is 12.0 Å². The van der Waals surface area contributed by atoms with Crippen LogP contribution in [0.5, 0.6) is 5.75 Å². The standard InChI is InChI=1S/C18H17BrClNO2/c19-14-3-1-2-13(12-14)18(8-9-18)17(22)21-10-11-23-16-6-4-15(20)5-7-16/h1-7,12H,8-11H2,(H,21,22). The Morgan fingerprint density at radius 3 is 2.61 bits per heavy atom. The lowest BCUT2D eigenvalue weighted by molar-refractivity contribution is -0.123. The number of halogens is 2. The maximum Gasteiger partial charge on any atom is 0.230 e. The summed E-state index contributed by atoms with van der Waals surface area (Å²) in [6.07, 6.45) is 1.79. The molecule has 0 aromatic heterocycles. The number of benzene rings is 2. The van der Waals surface area contributed by atoms with Crippen molar-refractivity contribution < 1.29 is 9.53 Å². The molecular formula is C18H17BrClNO2. The molecule has 1 saturated carbocycles. The number of hydrogen-bond donors (Lipinski definition) is 1. The number of carbonyl (C=O) groups excluding carboxylic acids is 1. The third kappa shape index (κ3) is 3.88. The Morgan fingerprint density at radius 1 is 1.22 bits per heavy atom. The highest BCUT2D eigenvalue weighted by atomic mass is 79.9. The van der Waals surface area contributed by atoms with E-state index < -0.39 is 0 Å². The average molecular weight is 395 g/mol. The molecule has 1 fully saturated rings. The molecule has 120 valence electrons. The lowest BCUT2D eigenvalue weighted by Crippen LogP contribution is -2.37. The first-order valence-electron chi connectivity index (χ1n) is 7.53. The molecule has 0 unspecified atom stereocenters. The van der Waals surface area contributed by atoms with Gasteiger partial charge in [0.25, 0.3) is 0 Å². The van der Waals surface area contributed by atoms with E-state index in [1.165, 1.54) is 0 Å². The highest BCUT2D eigenvalue weighted by molar-refractivity contribution is 9.10. The average Bonchev–Trinajstić information content (AvgIpc) is 3.35. The maximum atomic E-state index is 12.5. The van der Waals surface area contributed by atoms with Crippen LogP contribution in [-0.2, 0) is 10.2 Å². The van der Waals surface area contributed by atoms with Crippen molar-refractivity contribution in [2.75, 3.05) is 13.2 Å². The second kappa shape index (κ2) is 6.93. The Labute approximate surface area is 149 Å². The predicted molar refractivity (Wildman–Crippen MR) is 95.0 cm³/mol. The molecule has 0 saturated heterocycles. The fraction of sp³-hybridized carbons (Fsp3) is 0.278. The number of amides is 1. The summed E-state index contributed by atoms with van der Waals surface area (Å²) in [5, 5.41) is 3.66. The molecule has 1 aliphatic rings. The van der Waals surface area contributed by atoms with E-state index in [4.69, 9.17) is 16.3 Å². The molecule has 3 rings (SSSR count). The van der Waals surface area contributed by atoms with Crippen LogP contribution in [0.4, 0.5) is 0 Å². The minimum absolute atomic E-state index is 0.0790. The number of nitrogens with one attached hydrogen (secondary N) is 1. The molecule has 2 aromatic rings. The Balaban J connectivity index is 1.50. The molecule has 0 spiro atoms. The summed E-state index contributed by atoms with van der Waals surface area (Å²) in [6.45, 7) is 0.916. The van der Waals surface area contributed by atoms with Crippen molar-refractivity contribution in [3.8, 4) is 5.75 Å². The van der Waals surface area contributed by atoms with Gasteiger partial charge in [-0.3, -0.25) is 4.79 Å². The van der Waals surface area contributed by atoms with Crippen molar-refractivity contribution >= 4 is 33.4 Å². The van der Waals surface area contributed by atoms with Gasteiger partial charge in [-0.25, -0.2) is 0 Å². The maximum absolute atomic E-state index is 12.5. The lowest BCUT2D eigenvalue weighted by Gasteiger charge is -2.16. The summed E-state index contributed by atoms with van der Waals surface area (Å²) >= 11 is 9.29. The van der Waals surface area contributed by atoms with Gasteiger partial charge in [-0.15, -0.1) is 0 Å². The van der Waals surface area contributed by atoms with Crippen molar-refractivity contribution in [3.63, 3.8) is 0 Å². The molecule has 3 nitrogen and oxygen atoms in total. The molecule has 23 heavy (non-hydrogen) atoms. The van der Waals surface area contributed by atoms with Gasteiger partial charge in [0, 0.05) is 9.50 Å². The first-order chi connectivity index (χ1) is 11.1. The van der Waals surface area contributed by atoms with Crippen LogP contribution in [0, 0.1) is 0 Å². The first-order valence-corrected chi connectivity index (χ1v) is 8.70. The molecule has 1 amide bonds. The largest absolute Gasteiger partial charge is 0.492 e. The number of ether oxygens (including phenoxy) is 1. The number of rotatable bonds is 6. The topological polar surface area (TPSA) is 38.3 Å². The van der Waals surface area contributed by atoms with Gasteiger partial charge in [-0.1, -0.05) is 39.7 Å². The number of hydrogen-bond acceptors (Lipinski definition) is 2. The Bertz CT molecular complexity index is 698. The quantitative estimate of drug-likeness (QED) is 0.741. The van der Waals surface area contributed by atoms with Gasteiger partial charge >= 0.3 is 0 Å². The smallest absolute Gasteiger partial charge is 0.230 e. The molecule has 0 aliphatic heterocycles. The fourth-order valence-electron chi connectivity index (χ4n) is 2.59. The second-order valence-electron chi connectivity index (χ2n) is 5.65. The van der Waals surface area contributed by atoms with Crippen LogP contribution >= 0.6 is 27.5 Å². The minimum Gasteiger partial charge on any atom is -0.492 e. The van der Waals surface area contributed by atoms with Crippen LogP contribution in [0.3, 0.4) is 0 Å². The van der Waals surface area contributed by atoms with E-state index >= 15 is 0 Å². The molecule has 5 heteroatoms. The minimum atomic E-state index is -0.357. The van der Waals surface area contributed by atoms with Crippen molar-refractivity contribution in [2.24, 2.45) is 0 Å². The third-order valence-corrected chi connectivity index (χ3v) is 4.78. The van der Waals surface area contributed by atoms with Gasteiger partial charge in [0.2, 0.25) is 5.91 Å². The van der Waals surface area contributed by atoms with E-state index in [1.54, 1.807) is 12.1 Å². The summed E-state index contributed by atoms with van der Waals surface area (Å²) in [4.78, 5) is 12.5. The van der Waals surface area contributed by atoms with Gasteiger partial charge in [0.15, 0.2) is 0 Å². The summed E-state index contributed by atoms with van der Waals surface area (Å²) in [5.41, 5.74) is 0.715. The Morgan fingerprint density at radius 2 is 1.96 bits per heavy atom.